The number of hydrogen-bond acceptors (Lipinski definition) is 6. The Morgan fingerprint density at radius 3 is 2.27 bits per heavy atom. The number of rotatable bonds is 8. The molecule has 1 atom stereocenters. The number of nitrogens with zero attached hydrogens (tertiary/aromatic N) is 2. The molecule has 1 aliphatic rings. The molecule has 192 valence electrons. The van der Waals surface area contributed by atoms with Gasteiger partial charge in [-0.05, 0) is 25.2 Å². The summed E-state index contributed by atoms with van der Waals surface area (Å²) in [6.45, 7) is 1.11. The maximum atomic E-state index is 13.1. The molecule has 1 aliphatic heterocycles. The third-order valence-corrected chi connectivity index (χ3v) is 6.33. The molecule has 3 amide bonds. The standard InChI is InChI=1S/C26H27N5O6/c1-27-20(14-21(32)33)24(35)29-19-9-5-8-17-18(15-28-22(17)19)23(34)26(37)31-12-10-30(11-13-31)25(36)16-6-3-2-4-7-16/h2-9,15,20,27-28H,10-14H2,1H3,(H,29,35)(H,32,33). The van der Waals surface area contributed by atoms with Gasteiger partial charge in [0, 0.05) is 43.3 Å². The van der Waals surface area contributed by atoms with Gasteiger partial charge in [-0.15, -0.1) is 0 Å². The first-order chi connectivity index (χ1) is 17.8. The van der Waals surface area contributed by atoms with E-state index in [1.165, 1.54) is 18.1 Å². The van der Waals surface area contributed by atoms with E-state index in [2.05, 4.69) is 15.6 Å². The molecule has 11 heteroatoms. The summed E-state index contributed by atoms with van der Waals surface area (Å²) in [5.74, 6) is -3.15. The van der Waals surface area contributed by atoms with E-state index >= 15 is 0 Å². The van der Waals surface area contributed by atoms with Gasteiger partial charge in [0.25, 0.3) is 17.6 Å². The van der Waals surface area contributed by atoms with Crippen LogP contribution in [0.4, 0.5) is 5.69 Å². The Balaban J connectivity index is 1.44. The molecule has 4 N–H and O–H groups in total. The van der Waals surface area contributed by atoms with Gasteiger partial charge in [-0.3, -0.25) is 24.0 Å². The summed E-state index contributed by atoms with van der Waals surface area (Å²) in [5, 5.41) is 14.8. The SMILES string of the molecule is CNC(CC(=O)O)C(=O)Nc1cccc2c(C(=O)C(=O)N3CCN(C(=O)c4ccccc4)CC3)c[nH]c12. The Morgan fingerprint density at radius 2 is 1.62 bits per heavy atom. The van der Waals surface area contributed by atoms with Gasteiger partial charge in [-0.1, -0.05) is 30.3 Å². The zero-order valence-electron chi connectivity index (χ0n) is 20.2. The van der Waals surface area contributed by atoms with Crippen molar-refractivity contribution in [2.45, 2.75) is 12.5 Å². The predicted molar refractivity (Wildman–Crippen MR) is 135 cm³/mol. The lowest BCUT2D eigenvalue weighted by atomic mass is 10.1. The number of ketones is 1. The number of carboxylic acids is 1. The average molecular weight is 506 g/mol. The van der Waals surface area contributed by atoms with Crippen LogP contribution in [0.3, 0.4) is 0 Å². The maximum absolute atomic E-state index is 13.1. The Kier molecular flexibility index (Phi) is 7.63. The fourth-order valence-corrected chi connectivity index (χ4v) is 4.30. The van der Waals surface area contributed by atoms with Gasteiger partial charge in [0.2, 0.25) is 5.91 Å². The number of aromatic amines is 1. The molecule has 1 fully saturated rings. The molecule has 1 unspecified atom stereocenters. The number of carbonyl (C=O) groups is 5. The molecule has 1 aromatic heterocycles. The summed E-state index contributed by atoms with van der Waals surface area (Å²) in [5.41, 5.74) is 1.53. The Bertz CT molecular complexity index is 1340. The number of benzene rings is 2. The van der Waals surface area contributed by atoms with E-state index in [-0.39, 0.29) is 24.6 Å². The second-order valence-corrected chi connectivity index (χ2v) is 8.64. The van der Waals surface area contributed by atoms with Crippen LogP contribution in [0.25, 0.3) is 10.9 Å². The highest BCUT2D eigenvalue weighted by molar-refractivity contribution is 6.45. The van der Waals surface area contributed by atoms with Crippen molar-refractivity contribution in [3.63, 3.8) is 0 Å². The third kappa shape index (κ3) is 5.51. The number of aliphatic carboxylic acids is 1. The second-order valence-electron chi connectivity index (χ2n) is 8.64. The molecule has 4 rings (SSSR count). The van der Waals surface area contributed by atoms with Crippen molar-refractivity contribution in [2.75, 3.05) is 38.5 Å². The quantitative estimate of drug-likeness (QED) is 0.266. The van der Waals surface area contributed by atoms with Crippen molar-refractivity contribution >= 4 is 46.1 Å². The molecular weight excluding hydrogens is 478 g/mol. The second kappa shape index (κ2) is 11.0. The summed E-state index contributed by atoms with van der Waals surface area (Å²) in [7, 11) is 1.49. The summed E-state index contributed by atoms with van der Waals surface area (Å²) >= 11 is 0. The fraction of sp³-hybridized carbons (Fsp3) is 0.269. The molecule has 0 saturated carbocycles. The molecule has 0 bridgehead atoms. The number of fused-ring (bicyclic) bond motifs is 1. The van der Waals surface area contributed by atoms with Gasteiger partial charge in [0.1, 0.15) is 0 Å². The van der Waals surface area contributed by atoms with Crippen LogP contribution in [0.1, 0.15) is 27.1 Å². The average Bonchev–Trinajstić information content (AvgIpc) is 3.36. The van der Waals surface area contributed by atoms with Crippen LogP contribution in [-0.4, -0.2) is 88.6 Å². The summed E-state index contributed by atoms with van der Waals surface area (Å²) in [6.07, 6.45) is 1.02. The van der Waals surface area contributed by atoms with Crippen LogP contribution in [0, 0.1) is 0 Å². The number of hydrogen-bond donors (Lipinski definition) is 4. The van der Waals surface area contributed by atoms with Gasteiger partial charge in [0.15, 0.2) is 0 Å². The zero-order chi connectivity index (χ0) is 26.5. The highest BCUT2D eigenvalue weighted by Gasteiger charge is 2.30. The zero-order valence-corrected chi connectivity index (χ0v) is 20.2. The van der Waals surface area contributed by atoms with E-state index in [0.29, 0.717) is 35.2 Å². The van der Waals surface area contributed by atoms with Crippen LogP contribution in [0.2, 0.25) is 0 Å². The first kappa shape index (κ1) is 25.6. The Hall–Kier alpha value is -4.51. The lowest BCUT2D eigenvalue weighted by Crippen LogP contribution is -2.52. The minimum Gasteiger partial charge on any atom is -0.481 e. The van der Waals surface area contributed by atoms with Gasteiger partial charge in [-0.25, -0.2) is 0 Å². The lowest BCUT2D eigenvalue weighted by Gasteiger charge is -2.34. The predicted octanol–water partition coefficient (Wildman–Crippen LogP) is 1.34. The van der Waals surface area contributed by atoms with Crippen LogP contribution in [-0.2, 0) is 14.4 Å². The number of likely N-dealkylation sites (N-methyl/N-ethyl adjacent to an activating group) is 1. The van der Waals surface area contributed by atoms with Crippen LogP contribution in [0.15, 0.2) is 54.7 Å². The number of piperazine rings is 1. The number of H-pyrrole nitrogens is 1. The van der Waals surface area contributed by atoms with Gasteiger partial charge >= 0.3 is 5.97 Å². The van der Waals surface area contributed by atoms with Crippen molar-refractivity contribution in [1.29, 1.82) is 0 Å². The van der Waals surface area contributed by atoms with Crippen LogP contribution >= 0.6 is 0 Å². The topological polar surface area (TPSA) is 152 Å². The van der Waals surface area contributed by atoms with Crippen molar-refractivity contribution in [1.82, 2.24) is 20.1 Å². The van der Waals surface area contributed by atoms with Crippen molar-refractivity contribution < 1.29 is 29.1 Å². The normalized spacial score (nSPS) is 14.3. The number of Topliss-reactive ketones (excluding diaryl/α,β-unsaturated/α-hetero) is 1. The number of carboxylic acid groups (broad SMARTS) is 1. The number of carbonyl (C=O) groups excluding carboxylic acids is 4. The van der Waals surface area contributed by atoms with Crippen molar-refractivity contribution in [3.8, 4) is 0 Å². The molecule has 3 aromatic rings. The Morgan fingerprint density at radius 1 is 0.946 bits per heavy atom. The van der Waals surface area contributed by atoms with Crippen LogP contribution in [0.5, 0.6) is 0 Å². The first-order valence-corrected chi connectivity index (χ1v) is 11.8. The number of para-hydroxylation sites is 1. The molecule has 0 radical (unpaired) electrons. The van der Waals surface area contributed by atoms with Crippen LogP contribution < -0.4 is 10.6 Å². The lowest BCUT2D eigenvalue weighted by molar-refractivity contribution is -0.139. The molecule has 2 aromatic carbocycles. The highest BCUT2D eigenvalue weighted by atomic mass is 16.4. The molecule has 2 heterocycles. The van der Waals surface area contributed by atoms with E-state index in [4.69, 9.17) is 5.11 Å². The van der Waals surface area contributed by atoms with E-state index in [0.717, 1.165) is 0 Å². The minimum atomic E-state index is -1.12. The van der Waals surface area contributed by atoms with E-state index < -0.39 is 36.0 Å². The minimum absolute atomic E-state index is 0.117. The smallest absolute Gasteiger partial charge is 0.305 e. The van der Waals surface area contributed by atoms with Gasteiger partial charge in [0.05, 0.1) is 29.2 Å². The third-order valence-electron chi connectivity index (χ3n) is 6.33. The van der Waals surface area contributed by atoms with Gasteiger partial charge < -0.3 is 30.5 Å². The first-order valence-electron chi connectivity index (χ1n) is 11.8. The van der Waals surface area contributed by atoms with Crippen molar-refractivity contribution in [2.24, 2.45) is 0 Å². The number of anilines is 1. The Labute approximate surface area is 212 Å². The molecule has 0 spiro atoms. The monoisotopic (exact) mass is 505 g/mol. The highest BCUT2D eigenvalue weighted by Crippen LogP contribution is 2.26. The fourth-order valence-electron chi connectivity index (χ4n) is 4.30. The number of amides is 3. The molecule has 11 nitrogen and oxygen atoms in total. The van der Waals surface area contributed by atoms with Crippen molar-refractivity contribution in [3.05, 3.63) is 65.9 Å². The molecule has 0 aliphatic carbocycles. The molecular formula is C26H27N5O6. The summed E-state index contributed by atoms with van der Waals surface area (Å²) < 4.78 is 0. The van der Waals surface area contributed by atoms with E-state index in [9.17, 15) is 24.0 Å². The summed E-state index contributed by atoms with van der Waals surface area (Å²) in [6, 6.07) is 12.8. The summed E-state index contributed by atoms with van der Waals surface area (Å²) in [4.78, 5) is 68.4. The van der Waals surface area contributed by atoms with Gasteiger partial charge in [-0.2, -0.15) is 0 Å². The maximum Gasteiger partial charge on any atom is 0.305 e. The number of aromatic nitrogens is 1. The molecule has 37 heavy (non-hydrogen) atoms. The van der Waals surface area contributed by atoms with E-state index in [1.807, 2.05) is 6.07 Å². The van der Waals surface area contributed by atoms with E-state index in [1.54, 1.807) is 47.4 Å². The molecule has 1 saturated heterocycles. The number of nitrogens with one attached hydrogen (secondary N) is 3. The largest absolute Gasteiger partial charge is 0.481 e.